The van der Waals surface area contributed by atoms with Crippen LogP contribution >= 0.6 is 11.8 Å². The number of hydrogen-bond donors (Lipinski definition) is 4. The normalized spacial score (nSPS) is 16.4. The maximum atomic E-state index is 13.5. The van der Waals surface area contributed by atoms with Crippen molar-refractivity contribution in [3.63, 3.8) is 0 Å². The smallest absolute Gasteiger partial charge is 0.312 e. The number of fused-ring (bicyclic) bond motifs is 1. The fourth-order valence-corrected chi connectivity index (χ4v) is 3.48. The van der Waals surface area contributed by atoms with E-state index in [1.165, 1.54) is 23.9 Å². The Balaban J connectivity index is 1.76. The zero-order valence-electron chi connectivity index (χ0n) is 13.6. The van der Waals surface area contributed by atoms with Crippen LogP contribution in [0.2, 0.25) is 0 Å². The van der Waals surface area contributed by atoms with E-state index in [0.29, 0.717) is 23.7 Å². The molecular formula is C15H17FN6O3S. The number of aromatic nitrogens is 2. The summed E-state index contributed by atoms with van der Waals surface area (Å²) in [4.78, 5) is 15.1. The molecule has 138 valence electrons. The summed E-state index contributed by atoms with van der Waals surface area (Å²) in [7, 11) is 0. The van der Waals surface area contributed by atoms with E-state index in [4.69, 9.17) is 10.4 Å². The van der Waals surface area contributed by atoms with E-state index < -0.39 is 6.03 Å². The second kappa shape index (κ2) is 8.15. The molecule has 1 aliphatic rings. The molecule has 0 bridgehead atoms. The summed E-state index contributed by atoms with van der Waals surface area (Å²) >= 11 is 1.26. The van der Waals surface area contributed by atoms with Gasteiger partial charge in [0.15, 0.2) is 16.6 Å². The number of aliphatic imine (C=N–C) groups is 1. The predicted molar refractivity (Wildman–Crippen MR) is 91.5 cm³/mol. The summed E-state index contributed by atoms with van der Waals surface area (Å²) in [5.74, 6) is 0.227. The minimum Gasteiger partial charge on any atom is -0.352 e. The molecule has 11 heteroatoms. The quantitative estimate of drug-likeness (QED) is 0.195. The third-order valence-electron chi connectivity index (χ3n) is 3.87. The summed E-state index contributed by atoms with van der Waals surface area (Å²) in [6, 6.07) is 3.71. The third kappa shape index (κ3) is 4.11. The molecule has 0 unspecified atom stereocenters. The first-order valence-corrected chi connectivity index (χ1v) is 8.82. The fourth-order valence-electron chi connectivity index (χ4n) is 2.73. The van der Waals surface area contributed by atoms with Crippen LogP contribution in [0.1, 0.15) is 29.3 Å². The van der Waals surface area contributed by atoms with Gasteiger partial charge in [-0.25, -0.2) is 13.8 Å². The number of carbonyl (C=O) groups excluding carboxylic acids is 1. The van der Waals surface area contributed by atoms with Crippen molar-refractivity contribution >= 4 is 23.6 Å². The highest BCUT2D eigenvalue weighted by molar-refractivity contribution is 7.99. The maximum absolute atomic E-state index is 13.5. The molecule has 1 atom stereocenters. The van der Waals surface area contributed by atoms with E-state index in [1.54, 1.807) is 6.07 Å². The number of halogens is 1. The fraction of sp³-hybridized carbons (Fsp3) is 0.333. The molecule has 0 fully saturated rings. The molecule has 1 aromatic carbocycles. The number of nitrogens with one attached hydrogen (secondary N) is 2. The van der Waals surface area contributed by atoms with Crippen LogP contribution in [0, 0.1) is 5.82 Å². The highest BCUT2D eigenvalue weighted by Crippen LogP contribution is 2.35. The van der Waals surface area contributed by atoms with Crippen LogP contribution < -0.4 is 16.5 Å². The van der Waals surface area contributed by atoms with Gasteiger partial charge in [0.05, 0.1) is 6.04 Å². The van der Waals surface area contributed by atoms with Gasteiger partial charge in [0.25, 0.3) is 0 Å². The number of hydroxylamine groups is 1. The summed E-state index contributed by atoms with van der Waals surface area (Å²) < 4.78 is 18.3. The number of amidine groups is 1. The van der Waals surface area contributed by atoms with Crippen LogP contribution in [0.15, 0.2) is 32.8 Å². The van der Waals surface area contributed by atoms with Gasteiger partial charge in [0.2, 0.25) is 0 Å². The molecule has 0 saturated carbocycles. The number of nitrogens with two attached hydrogens (primary N) is 1. The molecule has 2 aromatic rings. The molecule has 0 spiro atoms. The van der Waals surface area contributed by atoms with Gasteiger partial charge in [-0.1, -0.05) is 17.8 Å². The number of primary amides is 1. The number of nitrogens with zero attached hydrogens (tertiary/aromatic N) is 3. The monoisotopic (exact) mass is 380 g/mol. The van der Waals surface area contributed by atoms with Crippen molar-refractivity contribution in [2.24, 2.45) is 10.7 Å². The molecule has 1 aromatic heterocycles. The molecule has 9 nitrogen and oxygen atoms in total. The lowest BCUT2D eigenvalue weighted by Gasteiger charge is -2.09. The van der Waals surface area contributed by atoms with Crippen LogP contribution in [0.5, 0.6) is 0 Å². The van der Waals surface area contributed by atoms with Crippen LogP contribution in [0.3, 0.4) is 0 Å². The Bertz CT molecular complexity index is 827. The lowest BCUT2D eigenvalue weighted by Crippen LogP contribution is -2.31. The molecule has 1 heterocycles. The van der Waals surface area contributed by atoms with Crippen molar-refractivity contribution in [1.82, 2.24) is 21.1 Å². The molecule has 0 saturated heterocycles. The second-order valence-corrected chi connectivity index (χ2v) is 6.63. The van der Waals surface area contributed by atoms with E-state index in [9.17, 15) is 14.4 Å². The van der Waals surface area contributed by atoms with Crippen molar-refractivity contribution < 1.29 is 19.0 Å². The Labute approximate surface area is 152 Å². The minimum absolute atomic E-state index is 0.0821. The molecule has 0 aliphatic heterocycles. The van der Waals surface area contributed by atoms with Crippen LogP contribution in [-0.2, 0) is 6.42 Å². The van der Waals surface area contributed by atoms with Gasteiger partial charge in [-0.15, -0.1) is 0 Å². The number of rotatable bonds is 6. The van der Waals surface area contributed by atoms with Gasteiger partial charge in [-0.05, 0) is 46.4 Å². The van der Waals surface area contributed by atoms with Gasteiger partial charge in [0, 0.05) is 12.3 Å². The van der Waals surface area contributed by atoms with Crippen molar-refractivity contribution in [3.8, 4) is 0 Å². The first-order valence-electron chi connectivity index (χ1n) is 7.83. The first-order chi connectivity index (χ1) is 12.6. The molecule has 1 aliphatic carbocycles. The first kappa shape index (κ1) is 18.1. The van der Waals surface area contributed by atoms with Crippen LogP contribution in [0.4, 0.5) is 9.18 Å². The van der Waals surface area contributed by atoms with E-state index in [2.05, 4.69) is 20.6 Å². The number of hydrogen-bond acceptors (Lipinski definition) is 7. The highest BCUT2D eigenvalue weighted by atomic mass is 32.2. The number of carbonyl (C=O) groups is 1. The number of thioether (sulfide) groups is 1. The Morgan fingerprint density at radius 2 is 2.35 bits per heavy atom. The second-order valence-electron chi connectivity index (χ2n) is 5.54. The Morgan fingerprint density at radius 3 is 3.12 bits per heavy atom. The summed E-state index contributed by atoms with van der Waals surface area (Å²) in [5.41, 5.74) is 9.07. The van der Waals surface area contributed by atoms with Crippen molar-refractivity contribution in [2.75, 3.05) is 12.3 Å². The topological polar surface area (TPSA) is 139 Å². The Hall–Kier alpha value is -2.66. The SMILES string of the molecule is NC(=O)NCCSc1nonc1C(=N[C@H]1CCc2ccc(F)cc21)NO. The van der Waals surface area contributed by atoms with Crippen molar-refractivity contribution in [1.29, 1.82) is 0 Å². The zero-order chi connectivity index (χ0) is 18.5. The zero-order valence-corrected chi connectivity index (χ0v) is 14.4. The van der Waals surface area contributed by atoms with Crippen molar-refractivity contribution in [2.45, 2.75) is 23.9 Å². The number of amides is 2. The summed E-state index contributed by atoms with van der Waals surface area (Å²) in [6.45, 7) is 0.334. The van der Waals surface area contributed by atoms with E-state index >= 15 is 0 Å². The van der Waals surface area contributed by atoms with E-state index in [1.807, 2.05) is 5.48 Å². The lowest BCUT2D eigenvalue weighted by atomic mass is 10.1. The highest BCUT2D eigenvalue weighted by Gasteiger charge is 2.25. The molecule has 3 rings (SSSR count). The van der Waals surface area contributed by atoms with Gasteiger partial charge >= 0.3 is 6.03 Å². The predicted octanol–water partition coefficient (Wildman–Crippen LogP) is 1.38. The van der Waals surface area contributed by atoms with Crippen LogP contribution in [0.25, 0.3) is 0 Å². The maximum Gasteiger partial charge on any atom is 0.312 e. The van der Waals surface area contributed by atoms with E-state index in [-0.39, 0.29) is 23.4 Å². The van der Waals surface area contributed by atoms with Gasteiger partial charge in [-0.3, -0.25) is 15.7 Å². The van der Waals surface area contributed by atoms with Gasteiger partial charge in [0.1, 0.15) is 5.82 Å². The number of aryl methyl sites for hydroxylation is 1. The number of urea groups is 1. The average molecular weight is 380 g/mol. The van der Waals surface area contributed by atoms with Crippen molar-refractivity contribution in [3.05, 3.63) is 40.8 Å². The van der Waals surface area contributed by atoms with Gasteiger partial charge in [-0.2, -0.15) is 0 Å². The third-order valence-corrected chi connectivity index (χ3v) is 4.82. The van der Waals surface area contributed by atoms with Gasteiger partial charge < -0.3 is 11.1 Å². The molecule has 5 N–H and O–H groups in total. The molecule has 0 radical (unpaired) electrons. The Kier molecular flexibility index (Phi) is 5.68. The average Bonchev–Trinajstić information content (AvgIpc) is 3.23. The van der Waals surface area contributed by atoms with E-state index in [0.717, 1.165) is 17.5 Å². The summed E-state index contributed by atoms with van der Waals surface area (Å²) in [5, 5.41) is 19.9. The molecular weight excluding hydrogens is 363 g/mol. The largest absolute Gasteiger partial charge is 0.352 e. The standard InChI is InChI=1S/C15H17FN6O3S/c16-9-3-1-8-2-4-11(10(8)7-9)19-13(20-24)12-14(22-25-21-12)26-6-5-18-15(17)23/h1,3,7,11,24H,2,4-6H2,(H,19,20)(H3,17,18,23)/t11-/m0/s1. The molecule has 26 heavy (non-hydrogen) atoms. The summed E-state index contributed by atoms with van der Waals surface area (Å²) in [6.07, 6.45) is 1.47. The lowest BCUT2D eigenvalue weighted by molar-refractivity contribution is 0.233. The minimum atomic E-state index is -0.615. The number of benzene rings is 1. The Morgan fingerprint density at radius 1 is 1.50 bits per heavy atom. The van der Waals surface area contributed by atoms with Crippen LogP contribution in [-0.4, -0.2) is 39.7 Å². The molecule has 2 amide bonds.